The Morgan fingerprint density at radius 1 is 0.214 bits per heavy atom. The lowest BCUT2D eigenvalue weighted by Gasteiger charge is -2.32. The molecule has 0 N–H and O–H groups in total. The van der Waals surface area contributed by atoms with Crippen LogP contribution in [0.15, 0.2) is 303 Å². The summed E-state index contributed by atoms with van der Waals surface area (Å²) in [7, 11) is 0. The van der Waals surface area contributed by atoms with Gasteiger partial charge in [0.25, 0.3) is 0 Å². The second kappa shape index (κ2) is 21.1. The lowest BCUT2D eigenvalue weighted by molar-refractivity contribution is 0.659. The molecule has 5 aliphatic carbocycles. The van der Waals surface area contributed by atoms with Crippen LogP contribution in [0.5, 0.6) is 0 Å². The van der Waals surface area contributed by atoms with Crippen LogP contribution in [0, 0.1) is 13.8 Å². The Labute approximate surface area is 576 Å². The van der Waals surface area contributed by atoms with Gasteiger partial charge in [0.05, 0.1) is 11.1 Å². The Hall–Kier alpha value is -11.3. The molecule has 0 aliphatic heterocycles. The van der Waals surface area contributed by atoms with Crippen LogP contribution < -0.4 is 9.80 Å². The second-order valence-corrected chi connectivity index (χ2v) is 29.7. The van der Waals surface area contributed by atoms with Crippen LogP contribution in [0.1, 0.15) is 108 Å². The van der Waals surface area contributed by atoms with Gasteiger partial charge in [-0.2, -0.15) is 0 Å². The van der Waals surface area contributed by atoms with E-state index in [1.54, 1.807) is 0 Å². The van der Waals surface area contributed by atoms with Crippen LogP contribution in [0.2, 0.25) is 0 Å². The SMILES string of the molecule is Cc1ccc2c(c1)C(C)(C)c1cc(N(c3ccc(-c4ccc(N(c5ccc(-c6cccc7c6C(C)(C)c6ccccc6-7)cc5)c5cccc6c5-c5ccccc5C65c6ccccc6-c6ccccc65)cc4)c(-c4ccccc4)c3)c3ccc4c(c3)C(C)(C)c3cc(C)ccc3-4)ccc1-2. The summed E-state index contributed by atoms with van der Waals surface area (Å²) in [6, 6.07) is 116. The number of aryl methyl sites for hydroxylation is 2. The third-order valence-corrected chi connectivity index (χ3v) is 23.2. The van der Waals surface area contributed by atoms with Crippen LogP contribution in [0.25, 0.3) is 89.0 Å². The van der Waals surface area contributed by atoms with Gasteiger partial charge < -0.3 is 9.80 Å². The van der Waals surface area contributed by atoms with Gasteiger partial charge in [-0.3, -0.25) is 0 Å². The molecule has 0 amide bonds. The number of hydrogen-bond acceptors (Lipinski definition) is 2. The minimum Gasteiger partial charge on any atom is -0.310 e. The van der Waals surface area contributed by atoms with Gasteiger partial charge in [-0.15, -0.1) is 0 Å². The van der Waals surface area contributed by atoms with E-state index in [9.17, 15) is 0 Å². The number of hydrogen-bond donors (Lipinski definition) is 0. The highest BCUT2D eigenvalue weighted by atomic mass is 15.2. The van der Waals surface area contributed by atoms with E-state index in [4.69, 9.17) is 0 Å². The summed E-state index contributed by atoms with van der Waals surface area (Å²) in [6.07, 6.45) is 0. The smallest absolute Gasteiger partial charge is 0.0726 e. The Morgan fingerprint density at radius 3 is 1.13 bits per heavy atom. The van der Waals surface area contributed by atoms with E-state index in [0.717, 1.165) is 45.3 Å². The van der Waals surface area contributed by atoms with Crippen LogP contribution in [-0.2, 0) is 21.7 Å². The first-order valence-electron chi connectivity index (χ1n) is 34.9. The largest absolute Gasteiger partial charge is 0.310 e. The van der Waals surface area contributed by atoms with Gasteiger partial charge in [-0.1, -0.05) is 289 Å². The monoisotopic (exact) mass is 1250 g/mol. The van der Waals surface area contributed by atoms with E-state index < -0.39 is 5.41 Å². The van der Waals surface area contributed by atoms with Gasteiger partial charge in [0.1, 0.15) is 0 Å². The Kier molecular flexibility index (Phi) is 12.5. The molecule has 0 saturated carbocycles. The number of benzene rings is 14. The summed E-state index contributed by atoms with van der Waals surface area (Å²) in [5, 5.41) is 0. The van der Waals surface area contributed by atoms with E-state index in [1.165, 1.54) is 145 Å². The predicted molar refractivity (Wildman–Crippen MR) is 411 cm³/mol. The molecule has 0 bridgehead atoms. The van der Waals surface area contributed by atoms with Gasteiger partial charge in [-0.25, -0.2) is 0 Å². The molecule has 0 saturated heterocycles. The zero-order valence-corrected chi connectivity index (χ0v) is 56.8. The third kappa shape index (κ3) is 8.15. The molecule has 2 heteroatoms. The normalized spacial score (nSPS) is 14.9. The van der Waals surface area contributed by atoms with Gasteiger partial charge >= 0.3 is 0 Å². The molecule has 14 aromatic rings. The predicted octanol–water partition coefficient (Wildman–Crippen LogP) is 25.5. The van der Waals surface area contributed by atoms with Gasteiger partial charge in [0.15, 0.2) is 0 Å². The molecule has 1 spiro atoms. The van der Waals surface area contributed by atoms with E-state index in [0.29, 0.717) is 0 Å². The number of rotatable bonds is 9. The Balaban J connectivity index is 0.774. The summed E-state index contributed by atoms with van der Waals surface area (Å²) in [5.74, 6) is 0. The first kappa shape index (κ1) is 58.1. The molecule has 0 unspecified atom stereocenters. The first-order chi connectivity index (χ1) is 47.7. The van der Waals surface area contributed by atoms with Crippen molar-refractivity contribution in [1.29, 1.82) is 0 Å². The van der Waals surface area contributed by atoms with Gasteiger partial charge in [-0.05, 0) is 220 Å². The van der Waals surface area contributed by atoms with Gasteiger partial charge in [0, 0.05) is 50.2 Å². The van der Waals surface area contributed by atoms with E-state index >= 15 is 0 Å². The number of anilines is 6. The molecule has 14 aromatic carbocycles. The van der Waals surface area contributed by atoms with Crippen molar-refractivity contribution < 1.29 is 0 Å². The Morgan fingerprint density at radius 2 is 0.582 bits per heavy atom. The molecule has 468 valence electrons. The quantitative estimate of drug-likeness (QED) is 0.142. The van der Waals surface area contributed by atoms with Crippen molar-refractivity contribution in [1.82, 2.24) is 0 Å². The molecule has 0 atom stereocenters. The fourth-order valence-electron chi connectivity index (χ4n) is 18.6. The van der Waals surface area contributed by atoms with Gasteiger partial charge in [0.2, 0.25) is 0 Å². The van der Waals surface area contributed by atoms with E-state index in [2.05, 4.69) is 369 Å². The molecule has 0 fully saturated rings. The summed E-state index contributed by atoms with van der Waals surface area (Å²) in [5.41, 5.74) is 42.0. The fraction of sp³-hybridized carbons (Fsp3) is 0.125. The van der Waals surface area contributed by atoms with E-state index in [1.807, 2.05) is 0 Å². The number of nitrogens with zero attached hydrogens (tertiary/aromatic N) is 2. The molecule has 0 radical (unpaired) electrons. The molecular weight excluding hydrogens is 1180 g/mol. The summed E-state index contributed by atoms with van der Waals surface area (Å²) < 4.78 is 0. The molecule has 0 aromatic heterocycles. The van der Waals surface area contributed by atoms with Crippen molar-refractivity contribution in [2.75, 3.05) is 9.80 Å². The first-order valence-corrected chi connectivity index (χ1v) is 34.9. The minimum atomic E-state index is -0.494. The molecule has 2 nitrogen and oxygen atoms in total. The molecule has 98 heavy (non-hydrogen) atoms. The summed E-state index contributed by atoms with van der Waals surface area (Å²) in [4.78, 5) is 5.05. The highest BCUT2D eigenvalue weighted by molar-refractivity contribution is 6.02. The highest BCUT2D eigenvalue weighted by Gasteiger charge is 2.52. The van der Waals surface area contributed by atoms with Crippen molar-refractivity contribution in [3.8, 4) is 89.0 Å². The van der Waals surface area contributed by atoms with Crippen LogP contribution in [0.4, 0.5) is 34.1 Å². The zero-order chi connectivity index (χ0) is 66.1. The lowest BCUT2D eigenvalue weighted by Crippen LogP contribution is -2.26. The standard InChI is InChI=1S/C96H74N2/c1-59-36-49-74-76-52-47-67(57-88(76)93(3,4)86(74)54-59)97(68-48-53-77-75-50-37-60(2)55-87(75)94(5,6)89(77)58-68)66-46-51-69(80(56-66)61-22-10-9-11-23-61)62-38-42-64(43-39-62)98(65-44-40-63(41-45-65)70-28-20-29-78-73-26-12-16-30-81(73)95(7,8)92(70)78)90-35-21-34-85-91(90)79-27-15-19-33-84(79)96(85)82-31-17-13-24-71(82)72-25-14-18-32-83(72)96/h9-58H,1-8H3. The van der Waals surface area contributed by atoms with Crippen LogP contribution in [0.3, 0.4) is 0 Å². The van der Waals surface area contributed by atoms with Crippen LogP contribution >= 0.6 is 0 Å². The molecular formula is C96H74N2. The number of fused-ring (bicyclic) bond motifs is 19. The van der Waals surface area contributed by atoms with E-state index in [-0.39, 0.29) is 16.2 Å². The second-order valence-electron chi connectivity index (χ2n) is 29.7. The molecule has 0 heterocycles. The fourth-order valence-corrected chi connectivity index (χ4v) is 18.6. The average Bonchev–Trinajstić information content (AvgIpc) is 1.51. The van der Waals surface area contributed by atoms with Crippen molar-refractivity contribution in [3.63, 3.8) is 0 Å². The maximum atomic E-state index is 2.53. The maximum absolute atomic E-state index is 2.53. The lowest BCUT2D eigenvalue weighted by atomic mass is 9.70. The van der Waals surface area contributed by atoms with Crippen molar-refractivity contribution in [2.24, 2.45) is 0 Å². The highest BCUT2D eigenvalue weighted by Crippen LogP contribution is 2.65. The zero-order valence-electron chi connectivity index (χ0n) is 56.8. The van der Waals surface area contributed by atoms with Crippen molar-refractivity contribution in [2.45, 2.75) is 77.0 Å². The van der Waals surface area contributed by atoms with Crippen molar-refractivity contribution >= 4 is 34.1 Å². The molecule has 5 aliphatic rings. The van der Waals surface area contributed by atoms with Crippen molar-refractivity contribution in [3.05, 3.63) is 370 Å². The average molecular weight is 1260 g/mol. The molecule has 19 rings (SSSR count). The third-order valence-electron chi connectivity index (χ3n) is 23.2. The Bertz CT molecular complexity index is 5520. The summed E-state index contributed by atoms with van der Waals surface area (Å²) in [6.45, 7) is 18.8. The summed E-state index contributed by atoms with van der Waals surface area (Å²) >= 11 is 0. The topological polar surface area (TPSA) is 6.48 Å². The van der Waals surface area contributed by atoms with Crippen LogP contribution in [-0.4, -0.2) is 0 Å². The minimum absolute atomic E-state index is 0.153. The maximum Gasteiger partial charge on any atom is 0.0726 e.